The number of carbonyl (C=O) groups is 3. The van der Waals surface area contributed by atoms with E-state index in [0.717, 1.165) is 44.9 Å². The molecule has 2 atom stereocenters. The lowest BCUT2D eigenvalue weighted by Gasteiger charge is -2.30. The van der Waals surface area contributed by atoms with E-state index >= 15 is 0 Å². The molecule has 1 rings (SSSR count). The highest BCUT2D eigenvalue weighted by Gasteiger charge is 2.30. The zero-order valence-corrected chi connectivity index (χ0v) is 18.6. The van der Waals surface area contributed by atoms with E-state index in [2.05, 4.69) is 18.5 Å². The number of carboxylic acids is 1. The van der Waals surface area contributed by atoms with Crippen LogP contribution in [0.4, 0.5) is 0 Å². The van der Waals surface area contributed by atoms with Crippen LogP contribution in [0.25, 0.3) is 0 Å². The third-order valence-corrected chi connectivity index (χ3v) is 5.94. The summed E-state index contributed by atoms with van der Waals surface area (Å²) in [6, 6.07) is -0.593. The Morgan fingerprint density at radius 1 is 1.10 bits per heavy atom. The number of hydrogen-bond donors (Lipinski definition) is 2. The van der Waals surface area contributed by atoms with Gasteiger partial charge >= 0.3 is 5.97 Å². The maximum Gasteiger partial charge on any atom is 0.304 e. The number of likely N-dealkylation sites (N-methyl/N-ethyl adjacent to an activating group) is 1. The number of nitrogens with one attached hydrogen (secondary N) is 1. The summed E-state index contributed by atoms with van der Waals surface area (Å²) in [4.78, 5) is 39.0. The van der Waals surface area contributed by atoms with Gasteiger partial charge in [0.2, 0.25) is 11.8 Å². The van der Waals surface area contributed by atoms with Gasteiger partial charge in [0.15, 0.2) is 0 Å². The van der Waals surface area contributed by atoms with E-state index in [1.54, 1.807) is 18.0 Å². The molecule has 2 amide bonds. The van der Waals surface area contributed by atoms with E-state index in [9.17, 15) is 19.5 Å². The SMILES string of the molecule is C=CCCC[C@H](CC(=O)O)C(=O)N[C@@H](CC1CCCCC1)C(=O)N(C)CCCC=C. The monoisotopic (exact) mass is 420 g/mol. The van der Waals surface area contributed by atoms with Crippen molar-refractivity contribution in [3.63, 3.8) is 0 Å². The number of allylic oxidation sites excluding steroid dienone is 2. The van der Waals surface area contributed by atoms with Gasteiger partial charge in [-0.2, -0.15) is 0 Å². The second kappa shape index (κ2) is 14.8. The molecule has 30 heavy (non-hydrogen) atoms. The van der Waals surface area contributed by atoms with Gasteiger partial charge in [0.1, 0.15) is 6.04 Å². The predicted octanol–water partition coefficient (Wildman–Crippen LogP) is 4.31. The number of amides is 2. The lowest BCUT2D eigenvalue weighted by Crippen LogP contribution is -2.50. The number of nitrogens with zero attached hydrogens (tertiary/aromatic N) is 1. The maximum absolute atomic E-state index is 13.1. The summed E-state index contributed by atoms with van der Waals surface area (Å²) in [7, 11) is 1.77. The van der Waals surface area contributed by atoms with E-state index in [-0.39, 0.29) is 18.2 Å². The standard InChI is InChI=1S/C24H40N2O4/c1-4-6-9-15-20(18-22(27)28)23(29)25-21(17-19-13-10-8-11-14-19)24(30)26(3)16-12-7-5-2/h4-5,19-21H,1-2,6-18H2,3H3,(H,25,29)(H,27,28)/t20-,21+/m1/s1. The fourth-order valence-electron chi connectivity index (χ4n) is 4.16. The normalized spacial score (nSPS) is 16.3. The van der Waals surface area contributed by atoms with E-state index in [0.29, 0.717) is 31.7 Å². The summed E-state index contributed by atoms with van der Waals surface area (Å²) in [5.74, 6) is -1.61. The highest BCUT2D eigenvalue weighted by atomic mass is 16.4. The average Bonchev–Trinajstić information content (AvgIpc) is 2.72. The summed E-state index contributed by atoms with van der Waals surface area (Å²) in [5, 5.41) is 12.1. The molecule has 6 nitrogen and oxygen atoms in total. The summed E-state index contributed by atoms with van der Waals surface area (Å²) in [6.07, 6.45) is 13.3. The van der Waals surface area contributed by atoms with Crippen molar-refractivity contribution in [1.29, 1.82) is 0 Å². The van der Waals surface area contributed by atoms with Crippen molar-refractivity contribution in [1.82, 2.24) is 10.2 Å². The third kappa shape index (κ3) is 10.1. The van der Waals surface area contributed by atoms with Crippen LogP contribution in [-0.2, 0) is 14.4 Å². The number of aliphatic carboxylic acids is 1. The van der Waals surface area contributed by atoms with Crippen molar-refractivity contribution in [2.24, 2.45) is 11.8 Å². The highest BCUT2D eigenvalue weighted by Crippen LogP contribution is 2.28. The summed E-state index contributed by atoms with van der Waals surface area (Å²) >= 11 is 0. The summed E-state index contributed by atoms with van der Waals surface area (Å²) < 4.78 is 0. The molecule has 2 N–H and O–H groups in total. The van der Waals surface area contributed by atoms with Gasteiger partial charge in [-0.1, -0.05) is 44.3 Å². The smallest absolute Gasteiger partial charge is 0.304 e. The lowest BCUT2D eigenvalue weighted by molar-refractivity contribution is -0.142. The molecular weight excluding hydrogens is 380 g/mol. The fraction of sp³-hybridized carbons (Fsp3) is 0.708. The molecule has 1 fully saturated rings. The third-order valence-electron chi connectivity index (χ3n) is 5.94. The van der Waals surface area contributed by atoms with Crippen molar-refractivity contribution in [3.05, 3.63) is 25.3 Å². The Hall–Kier alpha value is -2.11. The van der Waals surface area contributed by atoms with Gasteiger partial charge in [0.05, 0.1) is 6.42 Å². The summed E-state index contributed by atoms with van der Waals surface area (Å²) in [5.41, 5.74) is 0. The van der Waals surface area contributed by atoms with Crippen LogP contribution in [0, 0.1) is 11.8 Å². The minimum absolute atomic E-state index is 0.0850. The van der Waals surface area contributed by atoms with Crippen LogP contribution < -0.4 is 5.32 Å². The predicted molar refractivity (Wildman–Crippen MR) is 120 cm³/mol. The van der Waals surface area contributed by atoms with Crippen molar-refractivity contribution in [2.75, 3.05) is 13.6 Å². The van der Waals surface area contributed by atoms with E-state index in [4.69, 9.17) is 0 Å². The maximum atomic E-state index is 13.1. The molecule has 170 valence electrons. The Bertz CT molecular complexity index is 570. The van der Waals surface area contributed by atoms with Crippen LogP contribution in [0.2, 0.25) is 0 Å². The summed E-state index contributed by atoms with van der Waals surface area (Å²) in [6.45, 7) is 8.00. The van der Waals surface area contributed by atoms with Crippen LogP contribution in [0.3, 0.4) is 0 Å². The number of carbonyl (C=O) groups excluding carboxylic acids is 2. The van der Waals surface area contributed by atoms with Gasteiger partial charge in [-0.15, -0.1) is 13.2 Å². The number of hydrogen-bond acceptors (Lipinski definition) is 3. The number of unbranched alkanes of at least 4 members (excludes halogenated alkanes) is 2. The molecule has 0 aromatic heterocycles. The Labute approximate surface area is 181 Å². The Morgan fingerprint density at radius 2 is 1.73 bits per heavy atom. The molecule has 1 aliphatic rings. The highest BCUT2D eigenvalue weighted by molar-refractivity contribution is 5.89. The van der Waals surface area contributed by atoms with E-state index in [1.165, 1.54) is 6.42 Å². The van der Waals surface area contributed by atoms with Gasteiger partial charge in [-0.05, 0) is 44.4 Å². The molecule has 0 aromatic rings. The lowest BCUT2D eigenvalue weighted by atomic mass is 9.84. The Kier molecular flexibility index (Phi) is 12.8. The minimum atomic E-state index is -0.995. The number of carboxylic acid groups (broad SMARTS) is 1. The van der Waals surface area contributed by atoms with Crippen molar-refractivity contribution in [2.45, 2.75) is 83.1 Å². The van der Waals surface area contributed by atoms with Crippen molar-refractivity contribution >= 4 is 17.8 Å². The topological polar surface area (TPSA) is 86.7 Å². The molecule has 0 unspecified atom stereocenters. The first-order valence-corrected chi connectivity index (χ1v) is 11.4. The van der Waals surface area contributed by atoms with Crippen LogP contribution >= 0.6 is 0 Å². The molecule has 0 aliphatic heterocycles. The fourth-order valence-corrected chi connectivity index (χ4v) is 4.16. The van der Waals surface area contributed by atoms with Gasteiger partial charge in [0.25, 0.3) is 0 Å². The average molecular weight is 421 g/mol. The Morgan fingerprint density at radius 3 is 2.33 bits per heavy atom. The second-order valence-corrected chi connectivity index (χ2v) is 8.51. The largest absolute Gasteiger partial charge is 0.481 e. The molecule has 0 spiro atoms. The van der Waals surface area contributed by atoms with Crippen LogP contribution in [-0.4, -0.2) is 47.4 Å². The minimum Gasteiger partial charge on any atom is -0.481 e. The van der Waals surface area contributed by atoms with Crippen molar-refractivity contribution in [3.8, 4) is 0 Å². The number of rotatable bonds is 15. The van der Waals surface area contributed by atoms with Crippen molar-refractivity contribution < 1.29 is 19.5 Å². The molecular formula is C24H40N2O4. The molecule has 0 aromatic carbocycles. The van der Waals surface area contributed by atoms with Gasteiger partial charge in [-0.3, -0.25) is 14.4 Å². The molecule has 0 bridgehead atoms. The van der Waals surface area contributed by atoms with Crippen LogP contribution in [0.1, 0.15) is 77.0 Å². The quantitative estimate of drug-likeness (QED) is 0.305. The first-order chi connectivity index (χ1) is 14.4. The van der Waals surface area contributed by atoms with Crippen LogP contribution in [0.15, 0.2) is 25.3 Å². The zero-order chi connectivity index (χ0) is 22.4. The molecule has 6 heteroatoms. The zero-order valence-electron chi connectivity index (χ0n) is 18.6. The Balaban J connectivity index is 2.84. The first kappa shape index (κ1) is 25.9. The molecule has 0 saturated heterocycles. The molecule has 0 heterocycles. The van der Waals surface area contributed by atoms with Gasteiger partial charge in [-0.25, -0.2) is 0 Å². The van der Waals surface area contributed by atoms with Crippen LogP contribution in [0.5, 0.6) is 0 Å². The van der Waals surface area contributed by atoms with Gasteiger partial charge < -0.3 is 15.3 Å². The molecule has 1 aliphatic carbocycles. The second-order valence-electron chi connectivity index (χ2n) is 8.51. The van der Waals surface area contributed by atoms with Gasteiger partial charge in [0, 0.05) is 19.5 Å². The van der Waals surface area contributed by atoms with E-state index in [1.807, 2.05) is 6.08 Å². The molecule has 0 radical (unpaired) electrons. The van der Waals surface area contributed by atoms with E-state index < -0.39 is 17.9 Å². The molecule has 1 saturated carbocycles. The first-order valence-electron chi connectivity index (χ1n) is 11.4.